The predicted molar refractivity (Wildman–Crippen MR) is 130 cm³/mol. The molecule has 0 N–H and O–H groups in total. The first-order valence-electron chi connectivity index (χ1n) is 11.5. The highest BCUT2D eigenvalue weighted by Crippen LogP contribution is 2.28. The van der Waals surface area contributed by atoms with Crippen molar-refractivity contribution in [3.8, 4) is 5.75 Å². The van der Waals surface area contributed by atoms with E-state index in [1.807, 2.05) is 24.3 Å². The van der Waals surface area contributed by atoms with Crippen LogP contribution in [0.4, 0.5) is 0 Å². The molecule has 0 spiro atoms. The molecule has 0 aliphatic rings. The van der Waals surface area contributed by atoms with Crippen LogP contribution in [0.1, 0.15) is 83.1 Å². The van der Waals surface area contributed by atoms with Crippen molar-refractivity contribution < 1.29 is 14.3 Å². The molecule has 0 saturated carbocycles. The molecule has 0 aliphatic heterocycles. The van der Waals surface area contributed by atoms with E-state index in [0.29, 0.717) is 11.3 Å². The van der Waals surface area contributed by atoms with Gasteiger partial charge in [-0.2, -0.15) is 0 Å². The maximum absolute atomic E-state index is 12.6. The van der Waals surface area contributed by atoms with Gasteiger partial charge in [0.25, 0.3) is 0 Å². The molecular formula is C28H38O3. The molecule has 0 saturated heterocycles. The first kappa shape index (κ1) is 26.4. The van der Waals surface area contributed by atoms with Crippen LogP contribution in [0.25, 0.3) is 0 Å². The lowest BCUT2D eigenvalue weighted by Crippen LogP contribution is -2.11. The van der Waals surface area contributed by atoms with E-state index >= 15 is 0 Å². The number of carbonyl (C=O) groups is 2. The van der Waals surface area contributed by atoms with Crippen molar-refractivity contribution in [2.75, 3.05) is 0 Å². The normalized spacial score (nSPS) is 12.6. The van der Waals surface area contributed by atoms with Gasteiger partial charge in [0.1, 0.15) is 5.75 Å². The summed E-state index contributed by atoms with van der Waals surface area (Å²) in [5.74, 6) is -0.694. The summed E-state index contributed by atoms with van der Waals surface area (Å²) < 4.78 is 5.22. The third-order valence-corrected chi connectivity index (χ3v) is 5.00. The van der Waals surface area contributed by atoms with Crippen molar-refractivity contribution in [1.82, 2.24) is 0 Å². The van der Waals surface area contributed by atoms with Crippen LogP contribution in [0, 0.1) is 0 Å². The summed E-state index contributed by atoms with van der Waals surface area (Å²) in [6.45, 7) is 7.36. The zero-order chi connectivity index (χ0) is 22.7. The van der Waals surface area contributed by atoms with Crippen molar-refractivity contribution in [3.05, 3.63) is 78.9 Å². The van der Waals surface area contributed by atoms with E-state index in [1.54, 1.807) is 30.4 Å². The Morgan fingerprint density at radius 1 is 0.935 bits per heavy atom. The minimum absolute atomic E-state index is 0.109. The minimum Gasteiger partial charge on any atom is -0.426 e. The SMILES string of the molecule is C=CC(C(=O)C=CC=CC=CCCCCCCCCCC)c1ccccc1OC(C)=O. The Labute approximate surface area is 188 Å². The lowest BCUT2D eigenvalue weighted by Gasteiger charge is -2.14. The van der Waals surface area contributed by atoms with Crippen molar-refractivity contribution in [3.63, 3.8) is 0 Å². The van der Waals surface area contributed by atoms with Crippen LogP contribution < -0.4 is 4.74 Å². The van der Waals surface area contributed by atoms with Gasteiger partial charge >= 0.3 is 5.97 Å². The second kappa shape index (κ2) is 17.0. The minimum atomic E-state index is -0.558. The second-order valence-corrected chi connectivity index (χ2v) is 7.68. The van der Waals surface area contributed by atoms with Crippen LogP contribution >= 0.6 is 0 Å². The lowest BCUT2D eigenvalue weighted by atomic mass is 9.93. The van der Waals surface area contributed by atoms with E-state index < -0.39 is 11.9 Å². The number of benzene rings is 1. The number of hydrogen-bond acceptors (Lipinski definition) is 3. The van der Waals surface area contributed by atoms with E-state index in [4.69, 9.17) is 4.74 Å². The summed E-state index contributed by atoms with van der Waals surface area (Å²) in [5.41, 5.74) is 0.636. The van der Waals surface area contributed by atoms with Gasteiger partial charge in [0, 0.05) is 12.5 Å². The van der Waals surface area contributed by atoms with Gasteiger partial charge < -0.3 is 4.74 Å². The highest BCUT2D eigenvalue weighted by Gasteiger charge is 2.19. The van der Waals surface area contributed by atoms with Crippen molar-refractivity contribution in [2.45, 2.75) is 77.6 Å². The van der Waals surface area contributed by atoms with Gasteiger partial charge in [0.15, 0.2) is 5.78 Å². The van der Waals surface area contributed by atoms with E-state index in [1.165, 1.54) is 64.4 Å². The van der Waals surface area contributed by atoms with Gasteiger partial charge in [0.2, 0.25) is 0 Å². The number of unbranched alkanes of at least 4 members (excludes halogenated alkanes) is 8. The van der Waals surface area contributed by atoms with Crippen molar-refractivity contribution in [2.24, 2.45) is 0 Å². The summed E-state index contributed by atoms with van der Waals surface area (Å²) in [4.78, 5) is 23.9. The van der Waals surface area contributed by atoms with Crippen molar-refractivity contribution in [1.29, 1.82) is 0 Å². The zero-order valence-electron chi connectivity index (χ0n) is 19.2. The number of allylic oxidation sites excluding steroid dienone is 7. The lowest BCUT2D eigenvalue weighted by molar-refractivity contribution is -0.132. The molecular weight excluding hydrogens is 384 g/mol. The molecule has 0 fully saturated rings. The molecule has 0 aromatic heterocycles. The fourth-order valence-electron chi connectivity index (χ4n) is 3.33. The highest BCUT2D eigenvalue weighted by atomic mass is 16.5. The Hall–Kier alpha value is -2.68. The molecule has 3 nitrogen and oxygen atoms in total. The first-order valence-corrected chi connectivity index (χ1v) is 11.5. The van der Waals surface area contributed by atoms with Gasteiger partial charge in [-0.1, -0.05) is 107 Å². The molecule has 1 aromatic rings. The fraction of sp³-hybridized carbons (Fsp3) is 0.429. The van der Waals surface area contributed by atoms with Gasteiger partial charge in [-0.25, -0.2) is 0 Å². The van der Waals surface area contributed by atoms with E-state index in [-0.39, 0.29) is 5.78 Å². The van der Waals surface area contributed by atoms with Crippen LogP contribution in [0.5, 0.6) is 5.75 Å². The topological polar surface area (TPSA) is 43.4 Å². The van der Waals surface area contributed by atoms with Gasteiger partial charge in [-0.05, 0) is 25.0 Å². The summed E-state index contributed by atoms with van der Waals surface area (Å²) in [6, 6.07) is 7.04. The van der Waals surface area contributed by atoms with Crippen LogP contribution in [0.2, 0.25) is 0 Å². The number of esters is 1. The number of hydrogen-bond donors (Lipinski definition) is 0. The third-order valence-electron chi connectivity index (χ3n) is 5.00. The molecule has 3 heteroatoms. The number of para-hydroxylation sites is 1. The molecule has 0 radical (unpaired) electrons. The quantitative estimate of drug-likeness (QED) is 0.0686. The van der Waals surface area contributed by atoms with Crippen molar-refractivity contribution >= 4 is 11.8 Å². The van der Waals surface area contributed by atoms with Crippen LogP contribution in [0.3, 0.4) is 0 Å². The van der Waals surface area contributed by atoms with E-state index in [9.17, 15) is 9.59 Å². The first-order chi connectivity index (χ1) is 15.1. The Morgan fingerprint density at radius 3 is 2.26 bits per heavy atom. The summed E-state index contributed by atoms with van der Waals surface area (Å²) in [6.07, 6.45) is 24.6. The van der Waals surface area contributed by atoms with Gasteiger partial charge in [-0.3, -0.25) is 9.59 Å². The molecule has 31 heavy (non-hydrogen) atoms. The molecule has 0 aliphatic carbocycles. The summed E-state index contributed by atoms with van der Waals surface area (Å²) in [5, 5.41) is 0. The third kappa shape index (κ3) is 11.9. The second-order valence-electron chi connectivity index (χ2n) is 7.68. The molecule has 0 heterocycles. The number of carbonyl (C=O) groups excluding carboxylic acids is 2. The molecule has 1 rings (SSSR count). The molecule has 0 amide bonds. The largest absolute Gasteiger partial charge is 0.426 e. The summed E-state index contributed by atoms with van der Waals surface area (Å²) in [7, 11) is 0. The fourth-order valence-corrected chi connectivity index (χ4v) is 3.33. The molecule has 0 bridgehead atoms. The molecule has 168 valence electrons. The molecule has 1 atom stereocenters. The summed E-state index contributed by atoms with van der Waals surface area (Å²) >= 11 is 0. The Balaban J connectivity index is 2.39. The monoisotopic (exact) mass is 422 g/mol. The Morgan fingerprint density at radius 2 is 1.58 bits per heavy atom. The zero-order valence-corrected chi connectivity index (χ0v) is 19.2. The smallest absolute Gasteiger partial charge is 0.308 e. The predicted octanol–water partition coefficient (Wildman–Crippen LogP) is 7.65. The highest BCUT2D eigenvalue weighted by molar-refractivity contribution is 5.97. The van der Waals surface area contributed by atoms with Gasteiger partial charge in [0.05, 0.1) is 5.92 Å². The number of rotatable bonds is 16. The average Bonchev–Trinajstić information content (AvgIpc) is 2.75. The standard InChI is InChI=1S/C28H38O3/c1-4-6-7-8-9-10-11-12-13-14-15-16-17-18-22-27(30)25(5-2)26-21-19-20-23-28(26)31-24(3)29/h5,14-23,25H,2,4,6-13H2,1,3H3. The van der Waals surface area contributed by atoms with Crippen LogP contribution in [-0.2, 0) is 9.59 Å². The Bertz CT molecular complexity index is 755. The van der Waals surface area contributed by atoms with E-state index in [0.717, 1.165) is 6.42 Å². The maximum atomic E-state index is 12.6. The van der Waals surface area contributed by atoms with Crippen LogP contribution in [-0.4, -0.2) is 11.8 Å². The molecule has 1 aromatic carbocycles. The Kier molecular flexibility index (Phi) is 14.5. The number of ether oxygens (including phenoxy) is 1. The average molecular weight is 423 g/mol. The van der Waals surface area contributed by atoms with E-state index in [2.05, 4.69) is 19.6 Å². The van der Waals surface area contributed by atoms with Gasteiger partial charge in [-0.15, -0.1) is 6.58 Å². The van der Waals surface area contributed by atoms with Crippen LogP contribution in [0.15, 0.2) is 73.4 Å². The maximum Gasteiger partial charge on any atom is 0.308 e. The number of ketones is 1. The molecule has 1 unspecified atom stereocenters.